The summed E-state index contributed by atoms with van der Waals surface area (Å²) in [5.74, 6) is 0.0926. The highest BCUT2D eigenvalue weighted by Gasteiger charge is 2.17. The van der Waals surface area contributed by atoms with Gasteiger partial charge in [0.15, 0.2) is 6.29 Å². The first-order chi connectivity index (χ1) is 6.80. The second kappa shape index (κ2) is 12.9. The molecule has 0 bridgehead atoms. The standard InChI is InChI=1S/C7H15NO2.2C2H6/c9-7(10)6-2-1-4-8-5-3-6;2*1-2/h6-10H,1-5H2;2*1-2H3. The lowest BCUT2D eigenvalue weighted by Gasteiger charge is -2.14. The van der Waals surface area contributed by atoms with Gasteiger partial charge in [-0.15, -0.1) is 0 Å². The molecule has 1 heterocycles. The zero-order chi connectivity index (χ0) is 11.4. The summed E-state index contributed by atoms with van der Waals surface area (Å²) in [6.45, 7) is 9.94. The van der Waals surface area contributed by atoms with Gasteiger partial charge in [0.2, 0.25) is 0 Å². The van der Waals surface area contributed by atoms with Crippen LogP contribution in [0.1, 0.15) is 47.0 Å². The van der Waals surface area contributed by atoms with E-state index in [0.717, 1.165) is 32.4 Å². The van der Waals surface area contributed by atoms with Crippen LogP contribution in [0.25, 0.3) is 0 Å². The van der Waals surface area contributed by atoms with Gasteiger partial charge in [-0.1, -0.05) is 27.7 Å². The van der Waals surface area contributed by atoms with E-state index in [1.54, 1.807) is 0 Å². The molecule has 1 aliphatic heterocycles. The van der Waals surface area contributed by atoms with Crippen molar-refractivity contribution in [2.45, 2.75) is 53.2 Å². The Morgan fingerprint density at radius 1 is 1.00 bits per heavy atom. The Hall–Kier alpha value is -0.120. The van der Waals surface area contributed by atoms with Gasteiger partial charge in [-0.25, -0.2) is 0 Å². The van der Waals surface area contributed by atoms with Crippen molar-refractivity contribution in [3.05, 3.63) is 0 Å². The molecule has 1 unspecified atom stereocenters. The minimum Gasteiger partial charge on any atom is -0.368 e. The van der Waals surface area contributed by atoms with Crippen LogP contribution in [0.2, 0.25) is 0 Å². The van der Waals surface area contributed by atoms with Crippen LogP contribution >= 0.6 is 0 Å². The highest BCUT2D eigenvalue weighted by Crippen LogP contribution is 2.15. The third kappa shape index (κ3) is 8.48. The van der Waals surface area contributed by atoms with E-state index in [9.17, 15) is 0 Å². The van der Waals surface area contributed by atoms with Crippen molar-refractivity contribution in [1.29, 1.82) is 0 Å². The zero-order valence-corrected chi connectivity index (χ0v) is 10.1. The van der Waals surface area contributed by atoms with Crippen LogP contribution in [0.5, 0.6) is 0 Å². The second-order valence-corrected chi connectivity index (χ2v) is 2.85. The van der Waals surface area contributed by atoms with E-state index in [1.807, 2.05) is 27.7 Å². The van der Waals surface area contributed by atoms with Gasteiger partial charge in [0.25, 0.3) is 0 Å². The predicted octanol–water partition coefficient (Wildman–Crippen LogP) is 1.74. The van der Waals surface area contributed by atoms with Crippen LogP contribution in [0.4, 0.5) is 0 Å². The lowest BCUT2D eigenvalue weighted by atomic mass is 10.0. The molecular weight excluding hydrogens is 178 g/mol. The van der Waals surface area contributed by atoms with Crippen molar-refractivity contribution in [2.75, 3.05) is 13.1 Å². The molecule has 3 nitrogen and oxygen atoms in total. The van der Waals surface area contributed by atoms with Crippen LogP contribution in [0.15, 0.2) is 0 Å². The van der Waals surface area contributed by atoms with Crippen molar-refractivity contribution in [3.8, 4) is 0 Å². The van der Waals surface area contributed by atoms with E-state index >= 15 is 0 Å². The van der Waals surface area contributed by atoms with Crippen molar-refractivity contribution in [3.63, 3.8) is 0 Å². The first-order valence-electron chi connectivity index (χ1n) is 5.87. The lowest BCUT2D eigenvalue weighted by molar-refractivity contribution is -0.0864. The van der Waals surface area contributed by atoms with Gasteiger partial charge >= 0.3 is 0 Å². The fraction of sp³-hybridized carbons (Fsp3) is 1.00. The first-order valence-corrected chi connectivity index (χ1v) is 5.87. The molecule has 3 heteroatoms. The minimum absolute atomic E-state index is 0.0926. The molecule has 1 aliphatic rings. The average Bonchev–Trinajstić information content (AvgIpc) is 2.52. The van der Waals surface area contributed by atoms with Gasteiger partial charge in [-0.05, 0) is 32.4 Å². The Labute approximate surface area is 88.5 Å². The SMILES string of the molecule is CC.CC.OC(O)C1CCCNCC1. The molecule has 1 fully saturated rings. The van der Waals surface area contributed by atoms with E-state index < -0.39 is 6.29 Å². The van der Waals surface area contributed by atoms with E-state index in [2.05, 4.69) is 5.32 Å². The summed E-state index contributed by atoms with van der Waals surface area (Å²) >= 11 is 0. The quantitative estimate of drug-likeness (QED) is 0.572. The summed E-state index contributed by atoms with van der Waals surface area (Å²) in [6.07, 6.45) is 1.77. The molecule has 0 amide bonds. The summed E-state index contributed by atoms with van der Waals surface area (Å²) in [5.41, 5.74) is 0. The maximum absolute atomic E-state index is 8.83. The molecule has 0 aromatic rings. The van der Waals surface area contributed by atoms with Gasteiger partial charge in [0.05, 0.1) is 0 Å². The lowest BCUT2D eigenvalue weighted by Crippen LogP contribution is -2.21. The Morgan fingerprint density at radius 3 is 2.07 bits per heavy atom. The number of hydrogen-bond acceptors (Lipinski definition) is 3. The Balaban J connectivity index is 0. The van der Waals surface area contributed by atoms with Crippen molar-refractivity contribution >= 4 is 0 Å². The second-order valence-electron chi connectivity index (χ2n) is 2.85. The highest BCUT2D eigenvalue weighted by molar-refractivity contribution is 4.67. The molecule has 88 valence electrons. The maximum Gasteiger partial charge on any atom is 0.154 e. The highest BCUT2D eigenvalue weighted by atomic mass is 16.5. The van der Waals surface area contributed by atoms with Crippen LogP contribution in [0, 0.1) is 5.92 Å². The molecular formula is C11H27NO2. The summed E-state index contributed by atoms with van der Waals surface area (Å²) < 4.78 is 0. The fourth-order valence-corrected chi connectivity index (χ4v) is 1.34. The molecule has 0 saturated carbocycles. The molecule has 3 N–H and O–H groups in total. The van der Waals surface area contributed by atoms with Crippen LogP contribution < -0.4 is 5.32 Å². The largest absolute Gasteiger partial charge is 0.368 e. The van der Waals surface area contributed by atoms with E-state index in [-0.39, 0.29) is 5.92 Å². The van der Waals surface area contributed by atoms with E-state index in [1.165, 1.54) is 0 Å². The van der Waals surface area contributed by atoms with Crippen molar-refractivity contribution < 1.29 is 10.2 Å². The Bertz CT molecular complexity index is 89.3. The molecule has 0 aromatic carbocycles. The molecule has 14 heavy (non-hydrogen) atoms. The topological polar surface area (TPSA) is 52.5 Å². The predicted molar refractivity (Wildman–Crippen MR) is 61.1 cm³/mol. The number of nitrogens with one attached hydrogen (secondary N) is 1. The summed E-state index contributed by atoms with van der Waals surface area (Å²) in [6, 6.07) is 0. The number of aliphatic hydroxyl groups is 2. The molecule has 1 atom stereocenters. The first kappa shape index (κ1) is 16.3. The van der Waals surface area contributed by atoms with Gasteiger partial charge in [0.1, 0.15) is 0 Å². The average molecular weight is 205 g/mol. The summed E-state index contributed by atoms with van der Waals surface area (Å²) in [7, 11) is 0. The zero-order valence-electron chi connectivity index (χ0n) is 10.1. The number of hydrogen-bond donors (Lipinski definition) is 3. The van der Waals surface area contributed by atoms with E-state index in [0.29, 0.717) is 0 Å². The molecule has 1 saturated heterocycles. The fourth-order valence-electron chi connectivity index (χ4n) is 1.34. The molecule has 0 aliphatic carbocycles. The molecule has 0 aromatic heterocycles. The number of rotatable bonds is 1. The smallest absolute Gasteiger partial charge is 0.154 e. The van der Waals surface area contributed by atoms with Crippen LogP contribution in [-0.4, -0.2) is 29.6 Å². The Morgan fingerprint density at radius 2 is 1.57 bits per heavy atom. The van der Waals surface area contributed by atoms with Crippen LogP contribution in [-0.2, 0) is 0 Å². The van der Waals surface area contributed by atoms with Gasteiger partial charge in [-0.2, -0.15) is 0 Å². The molecule has 1 rings (SSSR count). The summed E-state index contributed by atoms with van der Waals surface area (Å²) in [5, 5.41) is 20.9. The normalized spacial score (nSPS) is 21.2. The van der Waals surface area contributed by atoms with Gasteiger partial charge in [-0.3, -0.25) is 0 Å². The van der Waals surface area contributed by atoms with Gasteiger partial charge in [0, 0.05) is 5.92 Å². The third-order valence-electron chi connectivity index (χ3n) is 2.04. The van der Waals surface area contributed by atoms with Gasteiger partial charge < -0.3 is 15.5 Å². The molecule has 0 spiro atoms. The molecule has 0 radical (unpaired) electrons. The van der Waals surface area contributed by atoms with Crippen molar-refractivity contribution in [1.82, 2.24) is 5.32 Å². The summed E-state index contributed by atoms with van der Waals surface area (Å²) in [4.78, 5) is 0. The number of aliphatic hydroxyl groups excluding tert-OH is 1. The maximum atomic E-state index is 8.83. The monoisotopic (exact) mass is 205 g/mol. The minimum atomic E-state index is -1.11. The third-order valence-corrected chi connectivity index (χ3v) is 2.04. The van der Waals surface area contributed by atoms with Crippen molar-refractivity contribution in [2.24, 2.45) is 5.92 Å². The van der Waals surface area contributed by atoms with Crippen LogP contribution in [0.3, 0.4) is 0 Å². The van der Waals surface area contributed by atoms with E-state index in [4.69, 9.17) is 10.2 Å². The Kier molecular flexibility index (Phi) is 15.0.